The van der Waals surface area contributed by atoms with Crippen LogP contribution >= 0.6 is 0 Å². The van der Waals surface area contributed by atoms with Gasteiger partial charge in [0.05, 0.1) is 22.1 Å². The Morgan fingerprint density at radius 3 is 1.77 bits per heavy atom. The first-order valence-electron chi connectivity index (χ1n) is 21.0. The molecule has 3 aliphatic rings. The fraction of sp³-hybridized carbons (Fsp3) is 0.0714. The Hall–Kier alpha value is -7.56. The summed E-state index contributed by atoms with van der Waals surface area (Å²) in [7, 11) is 0. The Kier molecular flexibility index (Phi) is 6.48. The summed E-state index contributed by atoms with van der Waals surface area (Å²) in [6.45, 7) is 0. The standard InChI is InChI=1S/C56H36N2O2/c1-5-16-48-38(12-1)43-29-35(20-25-50(43)57(48)37-22-24-42-40-14-3-7-18-53(40)59-55(42)27-23-37)33-10-9-11-34(28-33)36-21-26-51-44(30-36)39-13-2-6-17-49(39)58(51)52-32-47-41-15-4-8-19-54(41)60-56(47)46-31-45(46)52/h1-21,23-30,32,45-46H,22,31H2. The summed E-state index contributed by atoms with van der Waals surface area (Å²) in [5.74, 6) is 2.07. The molecule has 282 valence electrons. The molecule has 4 nitrogen and oxygen atoms in total. The van der Waals surface area contributed by atoms with E-state index in [2.05, 4.69) is 179 Å². The van der Waals surface area contributed by atoms with Crippen molar-refractivity contribution >= 4 is 95.2 Å². The molecule has 2 unspecified atom stereocenters. The lowest BCUT2D eigenvalue weighted by atomic mass is 9.97. The summed E-state index contributed by atoms with van der Waals surface area (Å²) in [6, 6.07) is 57.5. The lowest BCUT2D eigenvalue weighted by molar-refractivity contribution is 0.544. The van der Waals surface area contributed by atoms with E-state index in [0.717, 1.165) is 40.6 Å². The van der Waals surface area contributed by atoms with Crippen molar-refractivity contribution in [2.45, 2.75) is 18.8 Å². The first-order chi connectivity index (χ1) is 29.7. The number of benzene rings is 7. The molecule has 3 aliphatic carbocycles. The van der Waals surface area contributed by atoms with E-state index in [0.29, 0.717) is 11.8 Å². The van der Waals surface area contributed by atoms with Crippen molar-refractivity contribution in [2.24, 2.45) is 5.92 Å². The van der Waals surface area contributed by atoms with Crippen LogP contribution < -0.4 is 10.6 Å². The topological polar surface area (TPSA) is 36.1 Å². The van der Waals surface area contributed by atoms with Crippen LogP contribution in [-0.2, 0) is 0 Å². The maximum atomic E-state index is 6.42. The van der Waals surface area contributed by atoms with E-state index in [1.807, 2.05) is 12.1 Å². The molecule has 4 aromatic heterocycles. The highest BCUT2D eigenvalue weighted by molar-refractivity contribution is 6.13. The van der Waals surface area contributed by atoms with E-state index in [1.165, 1.54) is 93.4 Å². The average Bonchev–Trinajstić information content (AvgIpc) is 3.69. The van der Waals surface area contributed by atoms with E-state index >= 15 is 0 Å². The zero-order valence-corrected chi connectivity index (χ0v) is 32.6. The third-order valence-corrected chi connectivity index (χ3v) is 13.5. The van der Waals surface area contributed by atoms with Gasteiger partial charge in [-0.25, -0.2) is 0 Å². The monoisotopic (exact) mass is 768 g/mol. The second-order valence-corrected chi connectivity index (χ2v) is 16.8. The molecule has 0 amide bonds. The molecule has 11 aromatic rings. The summed E-state index contributed by atoms with van der Waals surface area (Å²) >= 11 is 0. The molecule has 0 saturated heterocycles. The fourth-order valence-electron chi connectivity index (χ4n) is 10.6. The predicted octanol–water partition coefficient (Wildman–Crippen LogP) is 13.3. The molecule has 14 rings (SSSR count). The number of fused-ring (bicyclic) bond motifs is 14. The Morgan fingerprint density at radius 1 is 0.450 bits per heavy atom. The van der Waals surface area contributed by atoms with Gasteiger partial charge >= 0.3 is 0 Å². The molecular formula is C56H36N2O2. The molecule has 4 heterocycles. The molecular weight excluding hydrogens is 733 g/mol. The minimum Gasteiger partial charge on any atom is -0.460 e. The summed E-state index contributed by atoms with van der Waals surface area (Å²) in [4.78, 5) is 0. The Labute approximate surface area is 344 Å². The zero-order chi connectivity index (χ0) is 39.1. The van der Waals surface area contributed by atoms with E-state index in [9.17, 15) is 0 Å². The smallest absolute Gasteiger partial charge is 0.135 e. The van der Waals surface area contributed by atoms with Gasteiger partial charge in [0.15, 0.2) is 0 Å². The van der Waals surface area contributed by atoms with Gasteiger partial charge in [-0.2, -0.15) is 0 Å². The average molecular weight is 769 g/mol. The van der Waals surface area contributed by atoms with Crippen LogP contribution in [0.2, 0.25) is 0 Å². The van der Waals surface area contributed by atoms with Crippen LogP contribution in [-0.4, -0.2) is 9.13 Å². The number of allylic oxidation sites excluding steroid dienone is 3. The van der Waals surface area contributed by atoms with Gasteiger partial charge in [-0.3, -0.25) is 0 Å². The van der Waals surface area contributed by atoms with Crippen LogP contribution in [0.4, 0.5) is 0 Å². The van der Waals surface area contributed by atoms with E-state index in [4.69, 9.17) is 8.83 Å². The number of hydrogen-bond donors (Lipinski definition) is 0. The molecule has 1 fully saturated rings. The van der Waals surface area contributed by atoms with Crippen LogP contribution in [0, 0.1) is 5.92 Å². The number of rotatable bonds is 4. The van der Waals surface area contributed by atoms with Gasteiger partial charge in [0.1, 0.15) is 22.3 Å². The SMILES string of the molecule is C1=C(n2c3ccccc3c3cc(-c4cccc(-c5ccc6c(c5)c5ccccc5n6C5=Cc6c(oc7ccccc67)C6CC56)c4)ccc32)CC=c2c(oc3ccccc23)=C1. The lowest BCUT2D eigenvalue weighted by Gasteiger charge is -2.16. The number of hydrogen-bond acceptors (Lipinski definition) is 2. The number of furan rings is 2. The van der Waals surface area contributed by atoms with Crippen LogP contribution in [0.3, 0.4) is 0 Å². The molecule has 7 aromatic carbocycles. The quantitative estimate of drug-likeness (QED) is 0.179. The van der Waals surface area contributed by atoms with Gasteiger partial charge in [-0.15, -0.1) is 0 Å². The van der Waals surface area contributed by atoms with Crippen molar-refractivity contribution in [3.63, 3.8) is 0 Å². The predicted molar refractivity (Wildman–Crippen MR) is 248 cm³/mol. The van der Waals surface area contributed by atoms with Crippen molar-refractivity contribution in [3.8, 4) is 22.3 Å². The Morgan fingerprint density at radius 2 is 1.03 bits per heavy atom. The summed E-state index contributed by atoms with van der Waals surface area (Å²) in [5, 5.41) is 8.61. The van der Waals surface area contributed by atoms with Gasteiger partial charge < -0.3 is 18.0 Å². The summed E-state index contributed by atoms with van der Waals surface area (Å²) in [5.41, 5.74) is 16.4. The van der Waals surface area contributed by atoms with Gasteiger partial charge in [0.25, 0.3) is 0 Å². The highest BCUT2D eigenvalue weighted by Crippen LogP contribution is 2.60. The maximum Gasteiger partial charge on any atom is 0.135 e. The molecule has 2 atom stereocenters. The zero-order valence-electron chi connectivity index (χ0n) is 32.6. The molecule has 0 radical (unpaired) electrons. The molecule has 0 spiro atoms. The first kappa shape index (κ1) is 32.4. The number of nitrogens with zero attached hydrogens (tertiary/aromatic N) is 2. The van der Waals surface area contributed by atoms with Crippen molar-refractivity contribution in [1.29, 1.82) is 0 Å². The minimum absolute atomic E-state index is 0.444. The third kappa shape index (κ3) is 4.56. The third-order valence-electron chi connectivity index (χ3n) is 13.5. The van der Waals surface area contributed by atoms with E-state index in [-0.39, 0.29) is 0 Å². The first-order valence-corrected chi connectivity index (χ1v) is 21.0. The molecule has 0 bridgehead atoms. The summed E-state index contributed by atoms with van der Waals surface area (Å²) in [6.07, 6.45) is 11.0. The van der Waals surface area contributed by atoms with Crippen LogP contribution in [0.5, 0.6) is 0 Å². The fourth-order valence-corrected chi connectivity index (χ4v) is 10.6. The highest BCUT2D eigenvalue weighted by atomic mass is 16.3. The van der Waals surface area contributed by atoms with Crippen LogP contribution in [0.25, 0.3) is 117 Å². The van der Waals surface area contributed by atoms with Gasteiger partial charge in [0.2, 0.25) is 0 Å². The van der Waals surface area contributed by atoms with Crippen LogP contribution in [0.1, 0.15) is 30.1 Å². The van der Waals surface area contributed by atoms with E-state index < -0.39 is 0 Å². The second-order valence-electron chi connectivity index (χ2n) is 16.8. The van der Waals surface area contributed by atoms with Crippen molar-refractivity contribution in [3.05, 3.63) is 186 Å². The largest absolute Gasteiger partial charge is 0.460 e. The highest BCUT2D eigenvalue weighted by Gasteiger charge is 2.48. The minimum atomic E-state index is 0.444. The van der Waals surface area contributed by atoms with Crippen molar-refractivity contribution in [1.82, 2.24) is 9.13 Å². The maximum absolute atomic E-state index is 6.42. The number of para-hydroxylation sites is 4. The molecule has 0 N–H and O–H groups in total. The molecule has 1 saturated carbocycles. The number of aromatic nitrogens is 2. The van der Waals surface area contributed by atoms with Crippen molar-refractivity contribution in [2.75, 3.05) is 0 Å². The van der Waals surface area contributed by atoms with Crippen LogP contribution in [0.15, 0.2) is 173 Å². The molecule has 60 heavy (non-hydrogen) atoms. The van der Waals surface area contributed by atoms with Gasteiger partial charge in [-0.1, -0.05) is 109 Å². The molecule has 0 aliphatic heterocycles. The normalized spacial score (nSPS) is 17.0. The lowest BCUT2D eigenvalue weighted by Crippen LogP contribution is -2.18. The van der Waals surface area contributed by atoms with Gasteiger partial charge in [0, 0.05) is 72.8 Å². The van der Waals surface area contributed by atoms with Crippen molar-refractivity contribution < 1.29 is 8.83 Å². The summed E-state index contributed by atoms with van der Waals surface area (Å²) < 4.78 is 17.6. The Bertz CT molecular complexity index is 3860. The second kappa shape index (κ2) is 12.0. The molecule has 4 heteroatoms. The Balaban J connectivity index is 0.863. The van der Waals surface area contributed by atoms with E-state index in [1.54, 1.807) is 0 Å². The van der Waals surface area contributed by atoms with Gasteiger partial charge in [-0.05, 0) is 101 Å².